The SMILES string of the molecule is Cc1nc(C(C)(C)C)sc1C(C)NC(C)C(C)(C)C. The second-order valence-corrected chi connectivity index (χ2v) is 8.73. The van der Waals surface area contributed by atoms with Crippen molar-refractivity contribution in [2.24, 2.45) is 5.41 Å². The summed E-state index contributed by atoms with van der Waals surface area (Å²) in [4.78, 5) is 6.13. The minimum absolute atomic E-state index is 0.142. The van der Waals surface area contributed by atoms with Crippen LogP contribution in [0.15, 0.2) is 0 Å². The summed E-state index contributed by atoms with van der Waals surface area (Å²) in [5.74, 6) is 0. The first kappa shape index (κ1) is 16.6. The van der Waals surface area contributed by atoms with Gasteiger partial charge in [0.15, 0.2) is 0 Å². The minimum Gasteiger partial charge on any atom is -0.306 e. The highest BCUT2D eigenvalue weighted by molar-refractivity contribution is 7.12. The minimum atomic E-state index is 0.142. The van der Waals surface area contributed by atoms with Crippen LogP contribution in [0.4, 0.5) is 0 Å². The molecule has 0 aliphatic heterocycles. The normalized spacial score (nSPS) is 16.5. The maximum absolute atomic E-state index is 4.75. The van der Waals surface area contributed by atoms with Crippen molar-refractivity contribution in [2.45, 2.75) is 79.8 Å². The Morgan fingerprint density at radius 2 is 1.58 bits per heavy atom. The van der Waals surface area contributed by atoms with E-state index in [-0.39, 0.29) is 10.8 Å². The number of hydrogen-bond acceptors (Lipinski definition) is 3. The summed E-state index contributed by atoms with van der Waals surface area (Å²) >= 11 is 1.85. The van der Waals surface area contributed by atoms with Crippen LogP contribution in [0.3, 0.4) is 0 Å². The van der Waals surface area contributed by atoms with E-state index in [1.165, 1.54) is 15.6 Å². The third kappa shape index (κ3) is 4.28. The number of aromatic nitrogens is 1. The number of aryl methyl sites for hydroxylation is 1. The van der Waals surface area contributed by atoms with Gasteiger partial charge in [-0.15, -0.1) is 11.3 Å². The van der Waals surface area contributed by atoms with Crippen molar-refractivity contribution >= 4 is 11.3 Å². The predicted molar refractivity (Wildman–Crippen MR) is 86.0 cm³/mol. The van der Waals surface area contributed by atoms with E-state index in [1.807, 2.05) is 11.3 Å². The number of thiazole rings is 1. The smallest absolute Gasteiger partial charge is 0.0985 e. The van der Waals surface area contributed by atoms with Crippen molar-refractivity contribution in [2.75, 3.05) is 0 Å². The van der Waals surface area contributed by atoms with Crippen LogP contribution in [0.2, 0.25) is 0 Å². The Morgan fingerprint density at radius 3 is 1.95 bits per heavy atom. The van der Waals surface area contributed by atoms with Crippen LogP contribution >= 0.6 is 11.3 Å². The van der Waals surface area contributed by atoms with Gasteiger partial charge in [-0.3, -0.25) is 0 Å². The molecule has 0 amide bonds. The molecular formula is C16H30N2S. The molecule has 0 aliphatic rings. The molecule has 0 saturated heterocycles. The highest BCUT2D eigenvalue weighted by atomic mass is 32.1. The Bertz CT molecular complexity index is 421. The first-order valence-corrected chi connectivity index (χ1v) is 7.98. The lowest BCUT2D eigenvalue weighted by molar-refractivity contribution is 0.269. The number of hydrogen-bond donors (Lipinski definition) is 1. The van der Waals surface area contributed by atoms with Gasteiger partial charge in [-0.25, -0.2) is 4.98 Å². The lowest BCUT2D eigenvalue weighted by Gasteiger charge is -2.31. The number of rotatable bonds is 3. The highest BCUT2D eigenvalue weighted by Gasteiger charge is 2.25. The van der Waals surface area contributed by atoms with Gasteiger partial charge in [-0.05, 0) is 26.2 Å². The van der Waals surface area contributed by atoms with Crippen LogP contribution in [0.5, 0.6) is 0 Å². The second-order valence-electron chi connectivity index (χ2n) is 7.69. The number of nitrogens with zero attached hydrogens (tertiary/aromatic N) is 1. The maximum atomic E-state index is 4.75. The molecule has 2 atom stereocenters. The van der Waals surface area contributed by atoms with Gasteiger partial charge < -0.3 is 5.32 Å². The summed E-state index contributed by atoms with van der Waals surface area (Å²) in [6, 6.07) is 0.838. The molecule has 19 heavy (non-hydrogen) atoms. The summed E-state index contributed by atoms with van der Waals surface area (Å²) in [6.45, 7) is 20.1. The van der Waals surface area contributed by atoms with Gasteiger partial charge in [0.2, 0.25) is 0 Å². The maximum Gasteiger partial charge on any atom is 0.0985 e. The first-order chi connectivity index (χ1) is 8.43. The summed E-state index contributed by atoms with van der Waals surface area (Å²) in [7, 11) is 0. The summed E-state index contributed by atoms with van der Waals surface area (Å²) < 4.78 is 0. The topological polar surface area (TPSA) is 24.9 Å². The van der Waals surface area contributed by atoms with Crippen LogP contribution in [0.25, 0.3) is 0 Å². The molecule has 0 spiro atoms. The summed E-state index contributed by atoms with van der Waals surface area (Å²) in [5.41, 5.74) is 1.60. The summed E-state index contributed by atoms with van der Waals surface area (Å²) in [5, 5.41) is 4.95. The molecule has 3 heteroatoms. The number of nitrogens with one attached hydrogen (secondary N) is 1. The molecule has 2 nitrogen and oxygen atoms in total. The zero-order valence-corrected chi connectivity index (χ0v) is 14.8. The molecule has 110 valence electrons. The molecule has 0 fully saturated rings. The fraction of sp³-hybridized carbons (Fsp3) is 0.812. The van der Waals surface area contributed by atoms with Gasteiger partial charge in [-0.2, -0.15) is 0 Å². The van der Waals surface area contributed by atoms with Crippen LogP contribution in [-0.4, -0.2) is 11.0 Å². The van der Waals surface area contributed by atoms with E-state index in [0.717, 1.165) is 0 Å². The first-order valence-electron chi connectivity index (χ1n) is 7.16. The van der Waals surface area contributed by atoms with Gasteiger partial charge in [0.1, 0.15) is 0 Å². The average Bonchev–Trinajstić information content (AvgIpc) is 2.58. The lowest BCUT2D eigenvalue weighted by atomic mass is 9.87. The molecule has 0 radical (unpaired) electrons. The average molecular weight is 282 g/mol. The zero-order valence-electron chi connectivity index (χ0n) is 14.0. The molecule has 1 N–H and O–H groups in total. The Labute approximate surface area is 123 Å². The Morgan fingerprint density at radius 1 is 1.05 bits per heavy atom. The molecule has 0 saturated carbocycles. The largest absolute Gasteiger partial charge is 0.306 e. The van der Waals surface area contributed by atoms with Crippen molar-refractivity contribution in [3.63, 3.8) is 0 Å². The molecule has 1 heterocycles. The quantitative estimate of drug-likeness (QED) is 0.858. The van der Waals surface area contributed by atoms with Gasteiger partial charge in [-0.1, -0.05) is 41.5 Å². The molecule has 1 aromatic rings. The van der Waals surface area contributed by atoms with Gasteiger partial charge >= 0.3 is 0 Å². The zero-order chi connectivity index (χ0) is 15.0. The standard InChI is InChI=1S/C16H30N2S/c1-10(17-12(3)15(4,5)6)13-11(2)18-14(19-13)16(7,8)9/h10,12,17H,1-9H3. The van der Waals surface area contributed by atoms with Crippen LogP contribution in [-0.2, 0) is 5.41 Å². The van der Waals surface area contributed by atoms with E-state index in [0.29, 0.717) is 12.1 Å². The van der Waals surface area contributed by atoms with Crippen molar-refractivity contribution < 1.29 is 0 Å². The van der Waals surface area contributed by atoms with E-state index in [2.05, 4.69) is 67.6 Å². The third-order valence-electron chi connectivity index (χ3n) is 3.67. The summed E-state index contributed by atoms with van der Waals surface area (Å²) in [6.07, 6.45) is 0. The van der Waals surface area contributed by atoms with Crippen molar-refractivity contribution in [3.8, 4) is 0 Å². The second kappa shape index (κ2) is 5.53. The van der Waals surface area contributed by atoms with Crippen molar-refractivity contribution in [1.82, 2.24) is 10.3 Å². The predicted octanol–water partition coefficient (Wildman–Crippen LogP) is 4.83. The molecule has 0 aliphatic carbocycles. The van der Waals surface area contributed by atoms with Gasteiger partial charge in [0.25, 0.3) is 0 Å². The third-order valence-corrected chi connectivity index (χ3v) is 5.43. The van der Waals surface area contributed by atoms with Crippen molar-refractivity contribution in [1.29, 1.82) is 0 Å². The van der Waals surface area contributed by atoms with Crippen molar-refractivity contribution in [3.05, 3.63) is 15.6 Å². The van der Waals surface area contributed by atoms with E-state index in [1.54, 1.807) is 0 Å². The van der Waals surface area contributed by atoms with E-state index < -0.39 is 0 Å². The highest BCUT2D eigenvalue weighted by Crippen LogP contribution is 2.33. The Kier molecular flexibility index (Phi) is 4.84. The molecule has 0 aromatic carbocycles. The Balaban J connectivity index is 2.89. The monoisotopic (exact) mass is 282 g/mol. The van der Waals surface area contributed by atoms with E-state index in [9.17, 15) is 0 Å². The van der Waals surface area contributed by atoms with Gasteiger partial charge in [0.05, 0.1) is 10.7 Å². The van der Waals surface area contributed by atoms with Gasteiger partial charge in [0, 0.05) is 22.4 Å². The van der Waals surface area contributed by atoms with E-state index >= 15 is 0 Å². The molecule has 2 unspecified atom stereocenters. The molecule has 1 rings (SSSR count). The Hall–Kier alpha value is -0.410. The van der Waals surface area contributed by atoms with Crippen LogP contribution in [0, 0.1) is 12.3 Å². The fourth-order valence-electron chi connectivity index (χ4n) is 1.83. The van der Waals surface area contributed by atoms with E-state index in [4.69, 9.17) is 4.98 Å². The molecular weight excluding hydrogens is 252 g/mol. The molecule has 0 bridgehead atoms. The fourth-order valence-corrected chi connectivity index (χ4v) is 2.97. The lowest BCUT2D eigenvalue weighted by Crippen LogP contribution is -2.39. The van der Waals surface area contributed by atoms with Crippen LogP contribution in [0.1, 0.15) is 77.0 Å². The van der Waals surface area contributed by atoms with Crippen LogP contribution < -0.4 is 5.32 Å². The molecule has 1 aromatic heterocycles.